The minimum absolute atomic E-state index is 0.115. The number of nitrogens with zero attached hydrogens (tertiary/aromatic N) is 2. The second-order valence-electron chi connectivity index (χ2n) is 7.56. The quantitative estimate of drug-likeness (QED) is 0.403. The number of carbonyl (C=O) groups is 2. The van der Waals surface area contributed by atoms with Crippen LogP contribution in [0.3, 0.4) is 0 Å². The Balaban J connectivity index is 1.42. The molecule has 1 N–H and O–H groups in total. The van der Waals surface area contributed by atoms with Gasteiger partial charge in [-0.3, -0.25) is 19.3 Å². The molecule has 2 aromatic carbocycles. The van der Waals surface area contributed by atoms with Crippen LogP contribution in [0.2, 0.25) is 5.02 Å². The van der Waals surface area contributed by atoms with Crippen LogP contribution in [0.4, 0.5) is 0 Å². The molecule has 0 unspecified atom stereocenters. The van der Waals surface area contributed by atoms with Gasteiger partial charge >= 0.3 is 0 Å². The van der Waals surface area contributed by atoms with Gasteiger partial charge in [0, 0.05) is 48.5 Å². The summed E-state index contributed by atoms with van der Waals surface area (Å²) >= 11 is 12.8. The SMILES string of the molecule is CN(Cc1cc(=O)[nH]c2ccccc12)C(=O)CCN1C(=O)C(=Cc2ccccc2Cl)SC1=S. The first kappa shape index (κ1) is 23.2. The highest BCUT2D eigenvalue weighted by Crippen LogP contribution is 2.33. The normalized spacial score (nSPS) is 15.0. The Morgan fingerprint density at radius 1 is 1.18 bits per heavy atom. The van der Waals surface area contributed by atoms with Crippen molar-refractivity contribution >= 4 is 68.7 Å². The summed E-state index contributed by atoms with van der Waals surface area (Å²) in [5, 5.41) is 1.44. The molecule has 0 aliphatic carbocycles. The summed E-state index contributed by atoms with van der Waals surface area (Å²) in [6, 6.07) is 16.2. The third-order valence-electron chi connectivity index (χ3n) is 5.28. The van der Waals surface area contributed by atoms with E-state index in [0.29, 0.717) is 14.2 Å². The zero-order chi connectivity index (χ0) is 23.5. The molecule has 0 spiro atoms. The zero-order valence-corrected chi connectivity index (χ0v) is 20.1. The molecule has 1 aromatic heterocycles. The number of thioether (sulfide) groups is 1. The molecule has 1 fully saturated rings. The number of aromatic amines is 1. The van der Waals surface area contributed by atoms with Gasteiger partial charge in [-0.05, 0) is 29.3 Å². The molecule has 1 aliphatic rings. The smallest absolute Gasteiger partial charge is 0.266 e. The van der Waals surface area contributed by atoms with Crippen molar-refractivity contribution in [2.45, 2.75) is 13.0 Å². The van der Waals surface area contributed by atoms with Crippen molar-refractivity contribution < 1.29 is 9.59 Å². The fraction of sp³-hybridized carbons (Fsp3) is 0.167. The maximum absolute atomic E-state index is 12.8. The predicted molar refractivity (Wildman–Crippen MR) is 137 cm³/mol. The van der Waals surface area contributed by atoms with Gasteiger partial charge in [-0.2, -0.15) is 0 Å². The Labute approximate surface area is 205 Å². The highest BCUT2D eigenvalue weighted by molar-refractivity contribution is 8.26. The molecule has 6 nitrogen and oxygen atoms in total. The number of rotatable bonds is 6. The molecule has 9 heteroatoms. The molecule has 1 aliphatic heterocycles. The van der Waals surface area contributed by atoms with Crippen molar-refractivity contribution in [3.05, 3.63) is 86.0 Å². The number of thiocarbonyl (C=S) groups is 1. The molecule has 3 aromatic rings. The van der Waals surface area contributed by atoms with Gasteiger partial charge in [-0.1, -0.05) is 72.0 Å². The van der Waals surface area contributed by atoms with E-state index in [1.807, 2.05) is 42.5 Å². The van der Waals surface area contributed by atoms with Gasteiger partial charge in [0.15, 0.2) is 0 Å². The van der Waals surface area contributed by atoms with Gasteiger partial charge in [-0.15, -0.1) is 0 Å². The molecule has 0 radical (unpaired) electrons. The van der Waals surface area contributed by atoms with E-state index in [4.69, 9.17) is 23.8 Å². The number of amides is 2. The molecular weight excluding hydrogens is 478 g/mol. The highest BCUT2D eigenvalue weighted by Gasteiger charge is 2.32. The van der Waals surface area contributed by atoms with Crippen molar-refractivity contribution in [3.63, 3.8) is 0 Å². The van der Waals surface area contributed by atoms with Crippen LogP contribution in [0.25, 0.3) is 17.0 Å². The van der Waals surface area contributed by atoms with E-state index >= 15 is 0 Å². The van der Waals surface area contributed by atoms with Crippen LogP contribution >= 0.6 is 35.6 Å². The lowest BCUT2D eigenvalue weighted by Crippen LogP contribution is -2.34. The average Bonchev–Trinajstić information content (AvgIpc) is 3.05. The van der Waals surface area contributed by atoms with Crippen molar-refractivity contribution in [2.75, 3.05) is 13.6 Å². The summed E-state index contributed by atoms with van der Waals surface area (Å²) in [5.41, 5.74) is 2.01. The van der Waals surface area contributed by atoms with Crippen molar-refractivity contribution in [1.29, 1.82) is 0 Å². The molecule has 0 atom stereocenters. The summed E-state index contributed by atoms with van der Waals surface area (Å²) in [6.07, 6.45) is 1.83. The number of halogens is 1. The van der Waals surface area contributed by atoms with Crippen LogP contribution in [0.15, 0.2) is 64.3 Å². The van der Waals surface area contributed by atoms with Gasteiger partial charge in [0.1, 0.15) is 4.32 Å². The number of fused-ring (bicyclic) bond motifs is 1. The number of aromatic nitrogens is 1. The summed E-state index contributed by atoms with van der Waals surface area (Å²) in [5.74, 6) is -0.385. The Kier molecular flexibility index (Phi) is 6.97. The Morgan fingerprint density at radius 3 is 2.70 bits per heavy atom. The topological polar surface area (TPSA) is 73.5 Å². The second kappa shape index (κ2) is 9.91. The van der Waals surface area contributed by atoms with Crippen molar-refractivity contribution in [2.24, 2.45) is 0 Å². The van der Waals surface area contributed by atoms with Crippen molar-refractivity contribution in [1.82, 2.24) is 14.8 Å². The van der Waals surface area contributed by atoms with Gasteiger partial charge < -0.3 is 9.88 Å². The number of hydrogen-bond acceptors (Lipinski definition) is 5. The van der Waals surface area contributed by atoms with Crippen LogP contribution < -0.4 is 5.56 Å². The molecule has 0 saturated carbocycles. The molecule has 168 valence electrons. The van der Waals surface area contributed by atoms with Crippen LogP contribution in [0.1, 0.15) is 17.5 Å². The lowest BCUT2D eigenvalue weighted by molar-refractivity contribution is -0.131. The first-order chi connectivity index (χ1) is 15.8. The van der Waals surface area contributed by atoms with E-state index in [1.54, 1.807) is 24.1 Å². The minimum atomic E-state index is -0.235. The Hall–Kier alpha value is -2.94. The standard InChI is InChI=1S/C24H20ClN3O3S2/c1-27(14-16-13-21(29)26-19-9-5-3-7-17(16)19)22(30)10-11-28-23(31)20(33-24(28)32)12-15-6-2-4-8-18(15)25/h2-9,12-13H,10-11,14H2,1H3,(H,26,29). The minimum Gasteiger partial charge on any atom is -0.341 e. The number of nitrogens with one attached hydrogen (secondary N) is 1. The fourth-order valence-electron chi connectivity index (χ4n) is 3.58. The Bertz CT molecular complexity index is 1350. The third kappa shape index (κ3) is 5.19. The van der Waals surface area contributed by atoms with E-state index in [9.17, 15) is 14.4 Å². The van der Waals surface area contributed by atoms with Gasteiger partial charge in [0.05, 0.1) is 4.91 Å². The van der Waals surface area contributed by atoms with Gasteiger partial charge in [0.25, 0.3) is 5.91 Å². The maximum atomic E-state index is 12.8. The first-order valence-electron chi connectivity index (χ1n) is 10.2. The molecule has 2 amide bonds. The largest absolute Gasteiger partial charge is 0.341 e. The lowest BCUT2D eigenvalue weighted by atomic mass is 10.1. The molecule has 4 rings (SSSR count). The number of para-hydroxylation sites is 1. The van der Waals surface area contributed by atoms with E-state index in [1.165, 1.54) is 22.7 Å². The summed E-state index contributed by atoms with van der Waals surface area (Å²) in [4.78, 5) is 43.9. The van der Waals surface area contributed by atoms with E-state index in [-0.39, 0.29) is 36.9 Å². The lowest BCUT2D eigenvalue weighted by Gasteiger charge is -2.20. The third-order valence-corrected chi connectivity index (χ3v) is 7.01. The van der Waals surface area contributed by atoms with E-state index < -0.39 is 0 Å². The molecule has 0 bridgehead atoms. The summed E-state index contributed by atoms with van der Waals surface area (Å²) in [7, 11) is 1.68. The van der Waals surface area contributed by atoms with Crippen LogP contribution in [0, 0.1) is 0 Å². The molecular formula is C24H20ClN3O3S2. The number of benzene rings is 2. The number of carbonyl (C=O) groups excluding carboxylic acids is 2. The fourth-order valence-corrected chi connectivity index (χ4v) is 5.07. The van der Waals surface area contributed by atoms with Crippen molar-refractivity contribution in [3.8, 4) is 0 Å². The summed E-state index contributed by atoms with van der Waals surface area (Å²) < 4.78 is 0.411. The molecule has 1 saturated heterocycles. The van der Waals surface area contributed by atoms with Gasteiger partial charge in [-0.25, -0.2) is 0 Å². The predicted octanol–water partition coefficient (Wildman–Crippen LogP) is 4.43. The first-order valence-corrected chi connectivity index (χ1v) is 11.8. The molecule has 2 heterocycles. The zero-order valence-electron chi connectivity index (χ0n) is 17.7. The van der Waals surface area contributed by atoms with Gasteiger partial charge in [0.2, 0.25) is 11.5 Å². The highest BCUT2D eigenvalue weighted by atomic mass is 35.5. The summed E-state index contributed by atoms with van der Waals surface area (Å²) in [6.45, 7) is 0.470. The van der Waals surface area contributed by atoms with E-state index in [0.717, 1.165) is 22.0 Å². The number of pyridine rings is 1. The maximum Gasteiger partial charge on any atom is 0.266 e. The average molecular weight is 498 g/mol. The van der Waals surface area contributed by atoms with Crippen LogP contribution in [-0.4, -0.2) is 44.5 Å². The van der Waals surface area contributed by atoms with Crippen LogP contribution in [-0.2, 0) is 16.1 Å². The molecule has 33 heavy (non-hydrogen) atoms. The van der Waals surface area contributed by atoms with E-state index in [2.05, 4.69) is 4.98 Å². The number of hydrogen-bond donors (Lipinski definition) is 1. The van der Waals surface area contributed by atoms with Crippen LogP contribution in [0.5, 0.6) is 0 Å². The Morgan fingerprint density at radius 2 is 1.91 bits per heavy atom. The number of H-pyrrole nitrogens is 1. The second-order valence-corrected chi connectivity index (χ2v) is 9.64. The monoisotopic (exact) mass is 497 g/mol.